The van der Waals surface area contributed by atoms with Crippen LogP contribution in [0.2, 0.25) is 10.0 Å². The summed E-state index contributed by atoms with van der Waals surface area (Å²) in [5.41, 5.74) is 0. The molecule has 0 heterocycles. The van der Waals surface area contributed by atoms with Crippen molar-refractivity contribution < 1.29 is 9.53 Å². The van der Waals surface area contributed by atoms with Crippen molar-refractivity contribution in [2.45, 2.75) is 13.3 Å². The molecule has 0 saturated heterocycles. The molecule has 0 bridgehead atoms. The Kier molecular flexibility index (Phi) is 3.58. The molecule has 0 aromatic heterocycles. The van der Waals surface area contributed by atoms with E-state index in [1.165, 1.54) is 6.07 Å². The molecule has 1 rings (SSSR count). The highest BCUT2D eigenvalue weighted by atomic mass is 35.5. The second-order valence-corrected chi connectivity index (χ2v) is 3.25. The lowest BCUT2D eigenvalue weighted by molar-refractivity contribution is -0.134. The number of carbonyl (C=O) groups is 1. The molecule has 1 aromatic carbocycles. The first-order valence-corrected chi connectivity index (χ1v) is 4.54. The molecule has 0 spiro atoms. The number of carbonyl (C=O) groups excluding carboxylic acids is 1. The van der Waals surface area contributed by atoms with Crippen molar-refractivity contribution in [1.82, 2.24) is 0 Å². The Labute approximate surface area is 86.4 Å². The van der Waals surface area contributed by atoms with Crippen molar-refractivity contribution in [2.24, 2.45) is 0 Å². The summed E-state index contributed by atoms with van der Waals surface area (Å²) in [6.45, 7) is 1.71. The number of halogens is 2. The maximum absolute atomic E-state index is 10.9. The minimum atomic E-state index is -0.329. The summed E-state index contributed by atoms with van der Waals surface area (Å²) in [5, 5.41) is 0.870. The average molecular weight is 219 g/mol. The van der Waals surface area contributed by atoms with Crippen LogP contribution in [0.15, 0.2) is 18.2 Å². The molecule has 0 radical (unpaired) electrons. The van der Waals surface area contributed by atoms with E-state index in [1.54, 1.807) is 19.1 Å². The van der Waals surface area contributed by atoms with Gasteiger partial charge in [0.1, 0.15) is 0 Å². The van der Waals surface area contributed by atoms with Crippen molar-refractivity contribution in [3.05, 3.63) is 28.2 Å². The van der Waals surface area contributed by atoms with Crippen LogP contribution in [-0.4, -0.2) is 5.97 Å². The SMILES string of the molecule is CCC(=O)Oc1cc(Cl)ccc1Cl. The van der Waals surface area contributed by atoms with Crippen molar-refractivity contribution in [1.29, 1.82) is 0 Å². The van der Waals surface area contributed by atoms with Gasteiger partial charge >= 0.3 is 5.97 Å². The van der Waals surface area contributed by atoms with Gasteiger partial charge in [-0.25, -0.2) is 0 Å². The maximum Gasteiger partial charge on any atom is 0.310 e. The molecule has 2 nitrogen and oxygen atoms in total. The van der Waals surface area contributed by atoms with Gasteiger partial charge in [-0.05, 0) is 12.1 Å². The molecule has 0 fully saturated rings. The highest BCUT2D eigenvalue weighted by Gasteiger charge is 2.06. The zero-order valence-electron chi connectivity index (χ0n) is 7.01. The molecule has 0 N–H and O–H groups in total. The maximum atomic E-state index is 10.9. The Morgan fingerprint density at radius 3 is 2.77 bits per heavy atom. The van der Waals surface area contributed by atoms with Gasteiger partial charge in [0.25, 0.3) is 0 Å². The van der Waals surface area contributed by atoms with Gasteiger partial charge in [0, 0.05) is 17.5 Å². The molecule has 0 unspecified atom stereocenters. The van der Waals surface area contributed by atoms with Gasteiger partial charge in [-0.3, -0.25) is 4.79 Å². The lowest BCUT2D eigenvalue weighted by Gasteiger charge is -2.04. The van der Waals surface area contributed by atoms with Crippen molar-refractivity contribution in [2.75, 3.05) is 0 Å². The van der Waals surface area contributed by atoms with Gasteiger partial charge in [-0.15, -0.1) is 0 Å². The Balaban J connectivity index is 2.87. The van der Waals surface area contributed by atoms with Crippen LogP contribution in [0, 0.1) is 0 Å². The number of hydrogen-bond donors (Lipinski definition) is 0. The smallest absolute Gasteiger partial charge is 0.310 e. The first-order chi connectivity index (χ1) is 6.13. The van der Waals surface area contributed by atoms with Gasteiger partial charge < -0.3 is 4.74 Å². The molecular weight excluding hydrogens is 211 g/mol. The molecule has 13 heavy (non-hydrogen) atoms. The Morgan fingerprint density at radius 1 is 1.46 bits per heavy atom. The summed E-state index contributed by atoms with van der Waals surface area (Å²) >= 11 is 11.5. The van der Waals surface area contributed by atoms with E-state index < -0.39 is 0 Å². The van der Waals surface area contributed by atoms with E-state index in [0.29, 0.717) is 22.2 Å². The Bertz CT molecular complexity index is 323. The summed E-state index contributed by atoms with van der Waals surface area (Å²) in [5.74, 6) is -0.0230. The number of esters is 1. The molecule has 0 aliphatic rings. The molecule has 70 valence electrons. The largest absolute Gasteiger partial charge is 0.425 e. The second kappa shape index (κ2) is 4.49. The van der Waals surface area contributed by atoms with Crippen molar-refractivity contribution in [3.63, 3.8) is 0 Å². The molecular formula is C9H8Cl2O2. The van der Waals surface area contributed by atoms with Crippen LogP contribution in [0.25, 0.3) is 0 Å². The third-order valence-electron chi connectivity index (χ3n) is 1.41. The molecule has 0 atom stereocenters. The zero-order valence-corrected chi connectivity index (χ0v) is 8.52. The number of benzene rings is 1. The summed E-state index contributed by atoms with van der Waals surface area (Å²) in [6.07, 6.45) is 0.308. The first-order valence-electron chi connectivity index (χ1n) is 3.79. The zero-order chi connectivity index (χ0) is 9.84. The number of hydrogen-bond acceptors (Lipinski definition) is 2. The predicted octanol–water partition coefficient (Wildman–Crippen LogP) is 3.31. The third-order valence-corrected chi connectivity index (χ3v) is 1.95. The molecule has 4 heteroatoms. The van der Waals surface area contributed by atoms with E-state index in [0.717, 1.165) is 0 Å². The van der Waals surface area contributed by atoms with Crippen LogP contribution in [0.3, 0.4) is 0 Å². The molecule has 0 saturated carbocycles. The first kappa shape index (κ1) is 10.4. The standard InChI is InChI=1S/C9H8Cl2O2/c1-2-9(12)13-8-5-6(10)3-4-7(8)11/h3-5H,2H2,1H3. The van der Waals surface area contributed by atoms with Crippen molar-refractivity contribution in [3.8, 4) is 5.75 Å². The van der Waals surface area contributed by atoms with E-state index in [4.69, 9.17) is 27.9 Å². The fraction of sp³-hybridized carbons (Fsp3) is 0.222. The summed E-state index contributed by atoms with van der Waals surface area (Å²) in [4.78, 5) is 10.9. The van der Waals surface area contributed by atoms with Crippen LogP contribution in [0.1, 0.15) is 13.3 Å². The minimum Gasteiger partial charge on any atom is -0.425 e. The monoisotopic (exact) mass is 218 g/mol. The van der Waals surface area contributed by atoms with Crippen LogP contribution in [-0.2, 0) is 4.79 Å². The highest BCUT2D eigenvalue weighted by molar-refractivity contribution is 6.34. The summed E-state index contributed by atoms with van der Waals surface area (Å²) < 4.78 is 4.92. The lowest BCUT2D eigenvalue weighted by Crippen LogP contribution is -2.05. The number of rotatable bonds is 2. The van der Waals surface area contributed by atoms with Crippen LogP contribution in [0.5, 0.6) is 5.75 Å². The predicted molar refractivity (Wildman–Crippen MR) is 52.4 cm³/mol. The Hall–Kier alpha value is -0.730. The second-order valence-electron chi connectivity index (χ2n) is 2.40. The average Bonchev–Trinajstić information content (AvgIpc) is 2.11. The third kappa shape index (κ3) is 2.90. The van der Waals surface area contributed by atoms with Crippen LogP contribution < -0.4 is 4.74 Å². The number of ether oxygens (including phenoxy) is 1. The van der Waals surface area contributed by atoms with Crippen LogP contribution >= 0.6 is 23.2 Å². The molecule has 1 aromatic rings. The van der Waals surface area contributed by atoms with Gasteiger partial charge in [-0.2, -0.15) is 0 Å². The van der Waals surface area contributed by atoms with E-state index in [9.17, 15) is 4.79 Å². The van der Waals surface area contributed by atoms with Gasteiger partial charge in [0.05, 0.1) is 5.02 Å². The minimum absolute atomic E-state index is 0.306. The Morgan fingerprint density at radius 2 is 2.15 bits per heavy atom. The summed E-state index contributed by atoms with van der Waals surface area (Å²) in [6, 6.07) is 4.73. The van der Waals surface area contributed by atoms with Crippen LogP contribution in [0.4, 0.5) is 0 Å². The highest BCUT2D eigenvalue weighted by Crippen LogP contribution is 2.27. The van der Waals surface area contributed by atoms with E-state index >= 15 is 0 Å². The fourth-order valence-electron chi connectivity index (χ4n) is 0.750. The quantitative estimate of drug-likeness (QED) is 0.563. The lowest BCUT2D eigenvalue weighted by atomic mass is 10.3. The molecule has 0 aliphatic heterocycles. The fourth-order valence-corrected chi connectivity index (χ4v) is 1.07. The van der Waals surface area contributed by atoms with Gasteiger partial charge in [0.2, 0.25) is 0 Å². The van der Waals surface area contributed by atoms with E-state index in [1.807, 2.05) is 0 Å². The molecule has 0 aliphatic carbocycles. The normalized spacial score (nSPS) is 9.77. The van der Waals surface area contributed by atoms with Gasteiger partial charge in [0.15, 0.2) is 5.75 Å². The summed E-state index contributed by atoms with van der Waals surface area (Å²) in [7, 11) is 0. The van der Waals surface area contributed by atoms with Crippen molar-refractivity contribution >= 4 is 29.2 Å². The molecule has 0 amide bonds. The van der Waals surface area contributed by atoms with E-state index in [2.05, 4.69) is 0 Å². The van der Waals surface area contributed by atoms with E-state index in [-0.39, 0.29) is 5.97 Å². The topological polar surface area (TPSA) is 26.3 Å². The van der Waals surface area contributed by atoms with Gasteiger partial charge in [-0.1, -0.05) is 30.1 Å².